The van der Waals surface area contributed by atoms with Crippen molar-refractivity contribution in [2.75, 3.05) is 12.3 Å². The van der Waals surface area contributed by atoms with Crippen molar-refractivity contribution in [3.63, 3.8) is 0 Å². The van der Waals surface area contributed by atoms with E-state index < -0.39 is 0 Å². The number of carbonyl (C=O) groups is 1. The van der Waals surface area contributed by atoms with Crippen molar-refractivity contribution in [3.05, 3.63) is 58.6 Å². The van der Waals surface area contributed by atoms with Crippen LogP contribution in [-0.4, -0.2) is 23.4 Å². The molecule has 0 spiro atoms. The number of halogens is 1. The van der Waals surface area contributed by atoms with Gasteiger partial charge >= 0.3 is 0 Å². The van der Waals surface area contributed by atoms with Gasteiger partial charge in [-0.3, -0.25) is 9.79 Å². The standard InChI is InChI=1S/C16H13BrN2O2S/c17-11-4-3-5-12(10-11)21-14-7-2-1-6-13(14)15(20)19-16-18-8-9-22-16/h1-7,10H,8-9H2,(H,18,19,20). The number of rotatable bonds is 3. The summed E-state index contributed by atoms with van der Waals surface area (Å²) in [5, 5.41) is 3.49. The Balaban J connectivity index is 1.81. The van der Waals surface area contributed by atoms with Gasteiger partial charge in [-0.15, -0.1) is 0 Å². The number of nitrogens with one attached hydrogen (secondary N) is 1. The zero-order valence-electron chi connectivity index (χ0n) is 11.6. The van der Waals surface area contributed by atoms with Gasteiger partial charge in [0.15, 0.2) is 5.17 Å². The summed E-state index contributed by atoms with van der Waals surface area (Å²) < 4.78 is 6.76. The van der Waals surface area contributed by atoms with E-state index in [1.807, 2.05) is 36.4 Å². The third-order valence-corrected chi connectivity index (χ3v) is 4.35. The molecule has 0 atom stereocenters. The lowest BCUT2D eigenvalue weighted by molar-refractivity contribution is 0.0975. The zero-order chi connectivity index (χ0) is 15.4. The Hall–Kier alpha value is -1.79. The molecule has 2 aromatic carbocycles. The molecule has 1 aliphatic rings. The third-order valence-electron chi connectivity index (χ3n) is 2.96. The molecule has 22 heavy (non-hydrogen) atoms. The minimum atomic E-state index is -0.209. The maximum atomic E-state index is 12.4. The maximum Gasteiger partial charge on any atom is 0.260 e. The van der Waals surface area contributed by atoms with Crippen LogP contribution in [0.4, 0.5) is 0 Å². The van der Waals surface area contributed by atoms with Crippen molar-refractivity contribution < 1.29 is 9.53 Å². The molecule has 1 amide bonds. The van der Waals surface area contributed by atoms with Crippen molar-refractivity contribution in [2.24, 2.45) is 4.99 Å². The van der Waals surface area contributed by atoms with E-state index in [4.69, 9.17) is 4.74 Å². The highest BCUT2D eigenvalue weighted by molar-refractivity contribution is 9.10. The molecule has 1 N–H and O–H groups in total. The summed E-state index contributed by atoms with van der Waals surface area (Å²) in [7, 11) is 0. The van der Waals surface area contributed by atoms with Gasteiger partial charge in [0, 0.05) is 10.2 Å². The van der Waals surface area contributed by atoms with Gasteiger partial charge in [-0.2, -0.15) is 0 Å². The number of amides is 1. The first-order valence-electron chi connectivity index (χ1n) is 6.73. The van der Waals surface area contributed by atoms with Gasteiger partial charge in [0.05, 0.1) is 12.1 Å². The molecule has 0 saturated carbocycles. The molecule has 3 rings (SSSR count). The maximum absolute atomic E-state index is 12.4. The van der Waals surface area contributed by atoms with Gasteiger partial charge in [0.25, 0.3) is 5.91 Å². The second-order valence-electron chi connectivity index (χ2n) is 4.55. The summed E-state index contributed by atoms with van der Waals surface area (Å²) in [6.45, 7) is 0.746. The average molecular weight is 377 g/mol. The molecule has 0 aromatic heterocycles. The van der Waals surface area contributed by atoms with E-state index >= 15 is 0 Å². The van der Waals surface area contributed by atoms with E-state index in [0.717, 1.165) is 16.8 Å². The molecular formula is C16H13BrN2O2S. The van der Waals surface area contributed by atoms with Crippen molar-refractivity contribution in [1.29, 1.82) is 0 Å². The number of hydrogen-bond donors (Lipinski definition) is 1. The van der Waals surface area contributed by atoms with Crippen LogP contribution in [0.2, 0.25) is 0 Å². The number of carbonyl (C=O) groups excluding carboxylic acids is 1. The first-order chi connectivity index (χ1) is 10.7. The molecule has 0 aliphatic carbocycles. The monoisotopic (exact) mass is 376 g/mol. The highest BCUT2D eigenvalue weighted by atomic mass is 79.9. The van der Waals surface area contributed by atoms with Crippen LogP contribution in [0.3, 0.4) is 0 Å². The fourth-order valence-electron chi connectivity index (χ4n) is 1.98. The highest BCUT2D eigenvalue weighted by Gasteiger charge is 2.16. The topological polar surface area (TPSA) is 50.7 Å². The Labute approximate surface area is 141 Å². The van der Waals surface area contributed by atoms with Crippen LogP contribution < -0.4 is 10.1 Å². The summed E-state index contributed by atoms with van der Waals surface area (Å²) in [6, 6.07) is 14.7. The van der Waals surface area contributed by atoms with Gasteiger partial charge in [0.1, 0.15) is 11.5 Å². The quantitative estimate of drug-likeness (QED) is 0.877. The largest absolute Gasteiger partial charge is 0.456 e. The first-order valence-corrected chi connectivity index (χ1v) is 8.51. The molecule has 0 saturated heterocycles. The average Bonchev–Trinajstić information content (AvgIpc) is 3.01. The van der Waals surface area contributed by atoms with Crippen molar-refractivity contribution in [2.45, 2.75) is 0 Å². The predicted molar refractivity (Wildman–Crippen MR) is 92.9 cm³/mol. The third kappa shape index (κ3) is 3.69. The van der Waals surface area contributed by atoms with Gasteiger partial charge in [-0.1, -0.05) is 45.9 Å². The molecule has 4 nitrogen and oxygen atoms in total. The fraction of sp³-hybridized carbons (Fsp3) is 0.125. The van der Waals surface area contributed by atoms with Crippen LogP contribution in [0.5, 0.6) is 11.5 Å². The number of benzene rings is 2. The number of aliphatic imine (C=N–C) groups is 1. The lowest BCUT2D eigenvalue weighted by Gasteiger charge is -2.11. The van der Waals surface area contributed by atoms with Gasteiger partial charge < -0.3 is 10.1 Å². The molecule has 2 aromatic rings. The fourth-order valence-corrected chi connectivity index (χ4v) is 3.08. The Bertz CT molecular complexity index is 734. The number of nitrogens with zero attached hydrogens (tertiary/aromatic N) is 1. The summed E-state index contributed by atoms with van der Waals surface area (Å²) >= 11 is 4.95. The van der Waals surface area contributed by atoms with Crippen molar-refractivity contribution in [3.8, 4) is 11.5 Å². The van der Waals surface area contributed by atoms with Gasteiger partial charge in [0.2, 0.25) is 0 Å². The SMILES string of the molecule is O=C(NC1=NCCS1)c1ccccc1Oc1cccc(Br)c1. The normalized spacial score (nSPS) is 13.6. The van der Waals surface area contributed by atoms with Crippen molar-refractivity contribution >= 4 is 38.8 Å². The Kier molecular flexibility index (Phi) is 4.80. The predicted octanol–water partition coefficient (Wildman–Crippen LogP) is 4.07. The molecule has 0 unspecified atom stereocenters. The van der Waals surface area contributed by atoms with E-state index in [1.165, 1.54) is 0 Å². The number of hydrogen-bond acceptors (Lipinski definition) is 4. The Morgan fingerprint density at radius 1 is 1.23 bits per heavy atom. The molecule has 0 radical (unpaired) electrons. The minimum absolute atomic E-state index is 0.209. The molecule has 6 heteroatoms. The van der Waals surface area contributed by atoms with Crippen LogP contribution in [0.25, 0.3) is 0 Å². The number of thioether (sulfide) groups is 1. The van der Waals surface area contributed by atoms with E-state index in [2.05, 4.69) is 26.2 Å². The van der Waals surface area contributed by atoms with Gasteiger partial charge in [-0.25, -0.2) is 0 Å². The van der Waals surface area contributed by atoms with E-state index in [1.54, 1.807) is 23.9 Å². The van der Waals surface area contributed by atoms with Crippen LogP contribution in [0.15, 0.2) is 58.0 Å². The lowest BCUT2D eigenvalue weighted by Crippen LogP contribution is -2.27. The first kappa shape index (κ1) is 15.1. The minimum Gasteiger partial charge on any atom is -0.456 e. The van der Waals surface area contributed by atoms with E-state index in [9.17, 15) is 4.79 Å². The van der Waals surface area contributed by atoms with Crippen molar-refractivity contribution in [1.82, 2.24) is 5.32 Å². The number of amidine groups is 1. The van der Waals surface area contributed by atoms with Crippen LogP contribution in [0.1, 0.15) is 10.4 Å². The second-order valence-corrected chi connectivity index (χ2v) is 6.54. The molecule has 1 aliphatic heterocycles. The van der Waals surface area contributed by atoms with Gasteiger partial charge in [-0.05, 0) is 30.3 Å². The number of ether oxygens (including phenoxy) is 1. The lowest BCUT2D eigenvalue weighted by atomic mass is 10.2. The summed E-state index contributed by atoms with van der Waals surface area (Å²) in [6.07, 6.45) is 0. The van der Waals surface area contributed by atoms with Crippen LogP contribution >= 0.6 is 27.7 Å². The highest BCUT2D eigenvalue weighted by Crippen LogP contribution is 2.27. The zero-order valence-corrected chi connectivity index (χ0v) is 14.0. The number of para-hydroxylation sites is 1. The van der Waals surface area contributed by atoms with Crippen LogP contribution in [-0.2, 0) is 0 Å². The van der Waals surface area contributed by atoms with E-state index in [0.29, 0.717) is 22.2 Å². The van der Waals surface area contributed by atoms with E-state index in [-0.39, 0.29) is 5.91 Å². The molecule has 0 bridgehead atoms. The molecule has 0 fully saturated rings. The molecule has 112 valence electrons. The summed E-state index contributed by atoms with van der Waals surface area (Å²) in [5.74, 6) is 1.88. The second kappa shape index (κ2) is 6.98. The summed E-state index contributed by atoms with van der Waals surface area (Å²) in [5.41, 5.74) is 0.484. The Morgan fingerprint density at radius 3 is 2.86 bits per heavy atom. The molecular weight excluding hydrogens is 364 g/mol. The summed E-state index contributed by atoms with van der Waals surface area (Å²) in [4.78, 5) is 16.6. The van der Waals surface area contributed by atoms with Crippen LogP contribution in [0, 0.1) is 0 Å². The smallest absolute Gasteiger partial charge is 0.260 e. The Morgan fingerprint density at radius 2 is 2.09 bits per heavy atom. The molecule has 1 heterocycles.